The summed E-state index contributed by atoms with van der Waals surface area (Å²) in [6.07, 6.45) is 4.56. The lowest BCUT2D eigenvalue weighted by molar-refractivity contribution is -0.130. The van der Waals surface area contributed by atoms with Gasteiger partial charge in [0.05, 0.1) is 11.0 Å². The zero-order valence-electron chi connectivity index (χ0n) is 14.3. The predicted octanol–water partition coefficient (Wildman–Crippen LogP) is 2.80. The van der Waals surface area contributed by atoms with Gasteiger partial charge in [0.2, 0.25) is 5.91 Å². The summed E-state index contributed by atoms with van der Waals surface area (Å²) in [7, 11) is 0. The SMILES string of the molecule is C=CCN(CC=C)C(=O)CCn1c(=O)n(CCC)c2ccccc21. The van der Waals surface area contributed by atoms with Crippen LogP contribution in [-0.4, -0.2) is 33.0 Å². The Balaban J connectivity index is 2.25. The van der Waals surface area contributed by atoms with Crippen molar-refractivity contribution in [3.05, 3.63) is 60.1 Å². The average Bonchev–Trinajstić information content (AvgIpc) is 2.85. The summed E-state index contributed by atoms with van der Waals surface area (Å²) < 4.78 is 3.48. The Morgan fingerprint density at radius 2 is 1.62 bits per heavy atom. The molecule has 0 radical (unpaired) electrons. The van der Waals surface area contributed by atoms with E-state index in [-0.39, 0.29) is 18.0 Å². The molecule has 0 aliphatic carbocycles. The summed E-state index contributed by atoms with van der Waals surface area (Å²) in [5.74, 6) is -0.00553. The summed E-state index contributed by atoms with van der Waals surface area (Å²) in [6, 6.07) is 7.72. The first-order valence-corrected chi connectivity index (χ1v) is 8.31. The van der Waals surface area contributed by atoms with Crippen molar-refractivity contribution in [2.45, 2.75) is 32.9 Å². The molecule has 0 fully saturated rings. The number of amides is 1. The van der Waals surface area contributed by atoms with Crippen molar-refractivity contribution < 1.29 is 4.79 Å². The van der Waals surface area contributed by atoms with Gasteiger partial charge in [0, 0.05) is 32.6 Å². The predicted molar refractivity (Wildman–Crippen MR) is 98.1 cm³/mol. The highest BCUT2D eigenvalue weighted by Gasteiger charge is 2.15. The van der Waals surface area contributed by atoms with E-state index in [2.05, 4.69) is 13.2 Å². The second kappa shape index (κ2) is 8.34. The number of fused-ring (bicyclic) bond motifs is 1. The van der Waals surface area contributed by atoms with E-state index in [4.69, 9.17) is 0 Å². The molecule has 2 aromatic rings. The summed E-state index contributed by atoms with van der Waals surface area (Å²) in [5, 5.41) is 0. The molecule has 24 heavy (non-hydrogen) atoms. The van der Waals surface area contributed by atoms with Crippen LogP contribution >= 0.6 is 0 Å². The van der Waals surface area contributed by atoms with Crippen molar-refractivity contribution >= 4 is 16.9 Å². The van der Waals surface area contributed by atoms with Crippen LogP contribution in [-0.2, 0) is 17.9 Å². The van der Waals surface area contributed by atoms with E-state index in [0.717, 1.165) is 17.5 Å². The highest BCUT2D eigenvalue weighted by Crippen LogP contribution is 2.14. The molecule has 0 unspecified atom stereocenters. The molecule has 5 heteroatoms. The third kappa shape index (κ3) is 3.67. The zero-order valence-corrected chi connectivity index (χ0v) is 14.3. The molecular weight excluding hydrogens is 302 g/mol. The van der Waals surface area contributed by atoms with Gasteiger partial charge in [-0.15, -0.1) is 13.2 Å². The minimum absolute atomic E-state index is 0.00553. The highest BCUT2D eigenvalue weighted by atomic mass is 16.2. The number of imidazole rings is 1. The van der Waals surface area contributed by atoms with Crippen molar-refractivity contribution in [2.75, 3.05) is 13.1 Å². The molecule has 128 valence electrons. The smallest absolute Gasteiger partial charge is 0.329 e. The summed E-state index contributed by atoms with van der Waals surface area (Å²) in [5.41, 5.74) is 1.75. The maximum absolute atomic E-state index is 12.7. The van der Waals surface area contributed by atoms with Crippen LogP contribution in [0.25, 0.3) is 11.0 Å². The fourth-order valence-corrected chi connectivity index (χ4v) is 2.88. The lowest BCUT2D eigenvalue weighted by Gasteiger charge is -2.19. The Labute approximate surface area is 142 Å². The van der Waals surface area contributed by atoms with Crippen LogP contribution in [0.5, 0.6) is 0 Å². The van der Waals surface area contributed by atoms with E-state index in [0.29, 0.717) is 26.2 Å². The van der Waals surface area contributed by atoms with E-state index in [9.17, 15) is 9.59 Å². The molecule has 0 N–H and O–H groups in total. The molecule has 0 saturated carbocycles. The Morgan fingerprint density at radius 1 is 1.08 bits per heavy atom. The standard InChI is InChI=1S/C19H25N3O2/c1-4-12-20(13-5-2)18(23)11-15-22-17-10-8-7-9-16(17)21(14-6-3)19(22)24/h4-5,7-10H,1-2,6,11-15H2,3H3. The number of aromatic nitrogens is 2. The summed E-state index contributed by atoms with van der Waals surface area (Å²) >= 11 is 0. The van der Waals surface area contributed by atoms with Gasteiger partial charge in [0.15, 0.2) is 0 Å². The van der Waals surface area contributed by atoms with E-state index >= 15 is 0 Å². The molecule has 0 bridgehead atoms. The monoisotopic (exact) mass is 327 g/mol. The second-order valence-corrected chi connectivity index (χ2v) is 5.70. The number of benzene rings is 1. The fourth-order valence-electron chi connectivity index (χ4n) is 2.88. The maximum atomic E-state index is 12.7. The first-order chi connectivity index (χ1) is 11.6. The van der Waals surface area contributed by atoms with Gasteiger partial charge in [-0.2, -0.15) is 0 Å². The second-order valence-electron chi connectivity index (χ2n) is 5.70. The molecule has 0 saturated heterocycles. The van der Waals surface area contributed by atoms with Crippen LogP contribution < -0.4 is 5.69 Å². The Hall–Kier alpha value is -2.56. The lowest BCUT2D eigenvalue weighted by Crippen LogP contribution is -2.33. The molecule has 1 heterocycles. The molecule has 0 aliphatic heterocycles. The van der Waals surface area contributed by atoms with Gasteiger partial charge in [-0.05, 0) is 18.6 Å². The number of rotatable bonds is 9. The molecule has 1 aromatic carbocycles. The van der Waals surface area contributed by atoms with Crippen molar-refractivity contribution in [3.63, 3.8) is 0 Å². The first kappa shape index (κ1) is 17.8. The van der Waals surface area contributed by atoms with Crippen molar-refractivity contribution in [1.82, 2.24) is 14.0 Å². The highest BCUT2D eigenvalue weighted by molar-refractivity contribution is 5.78. The molecule has 0 spiro atoms. The van der Waals surface area contributed by atoms with Gasteiger partial charge >= 0.3 is 5.69 Å². The normalized spacial score (nSPS) is 10.7. The third-order valence-electron chi connectivity index (χ3n) is 3.97. The summed E-state index contributed by atoms with van der Waals surface area (Å²) in [6.45, 7) is 11.4. The van der Waals surface area contributed by atoms with Crippen LogP contribution in [0, 0.1) is 0 Å². The van der Waals surface area contributed by atoms with Crippen LogP contribution in [0.3, 0.4) is 0 Å². The van der Waals surface area contributed by atoms with Crippen molar-refractivity contribution in [3.8, 4) is 0 Å². The van der Waals surface area contributed by atoms with Gasteiger partial charge < -0.3 is 4.90 Å². The van der Waals surface area contributed by atoms with Gasteiger partial charge in [-0.25, -0.2) is 4.79 Å². The molecule has 1 aromatic heterocycles. The zero-order chi connectivity index (χ0) is 17.5. The van der Waals surface area contributed by atoms with Crippen LogP contribution in [0.2, 0.25) is 0 Å². The number of nitrogens with zero attached hydrogens (tertiary/aromatic N) is 3. The largest absolute Gasteiger partial charge is 0.335 e. The van der Waals surface area contributed by atoms with E-state index < -0.39 is 0 Å². The van der Waals surface area contributed by atoms with Crippen molar-refractivity contribution in [1.29, 1.82) is 0 Å². The number of hydrogen-bond acceptors (Lipinski definition) is 2. The van der Waals surface area contributed by atoms with Gasteiger partial charge in [-0.3, -0.25) is 13.9 Å². The van der Waals surface area contributed by atoms with Crippen LogP contribution in [0.1, 0.15) is 19.8 Å². The number of carbonyl (C=O) groups excluding carboxylic acids is 1. The fraction of sp³-hybridized carbons (Fsp3) is 0.368. The Bertz CT molecular complexity index is 775. The number of hydrogen-bond donors (Lipinski definition) is 0. The quantitative estimate of drug-likeness (QED) is 0.665. The van der Waals surface area contributed by atoms with Crippen LogP contribution in [0.15, 0.2) is 54.4 Å². The van der Waals surface area contributed by atoms with Gasteiger partial charge in [0.1, 0.15) is 0 Å². The minimum atomic E-state index is -0.0511. The molecule has 0 aliphatic rings. The average molecular weight is 327 g/mol. The topological polar surface area (TPSA) is 47.2 Å². The molecule has 2 rings (SSSR count). The van der Waals surface area contributed by atoms with E-state index in [1.54, 1.807) is 26.2 Å². The number of aryl methyl sites for hydroxylation is 2. The van der Waals surface area contributed by atoms with E-state index in [1.807, 2.05) is 31.2 Å². The maximum Gasteiger partial charge on any atom is 0.329 e. The Kier molecular flexibility index (Phi) is 6.18. The third-order valence-corrected chi connectivity index (χ3v) is 3.97. The Morgan fingerprint density at radius 3 is 2.12 bits per heavy atom. The van der Waals surface area contributed by atoms with Gasteiger partial charge in [0.25, 0.3) is 0 Å². The minimum Gasteiger partial charge on any atom is -0.335 e. The number of para-hydroxylation sites is 2. The molecule has 5 nitrogen and oxygen atoms in total. The summed E-state index contributed by atoms with van der Waals surface area (Å²) in [4.78, 5) is 26.7. The van der Waals surface area contributed by atoms with Gasteiger partial charge in [-0.1, -0.05) is 31.2 Å². The lowest BCUT2D eigenvalue weighted by atomic mass is 10.3. The molecule has 0 atom stereocenters. The molecule has 1 amide bonds. The molecular formula is C19H25N3O2. The van der Waals surface area contributed by atoms with Crippen molar-refractivity contribution in [2.24, 2.45) is 0 Å². The van der Waals surface area contributed by atoms with E-state index in [1.165, 1.54) is 0 Å². The number of carbonyl (C=O) groups is 1. The van der Waals surface area contributed by atoms with Crippen LogP contribution in [0.4, 0.5) is 0 Å². The first-order valence-electron chi connectivity index (χ1n) is 8.31.